The molecule has 336 valence electrons. The summed E-state index contributed by atoms with van der Waals surface area (Å²) in [5.74, 6) is 6.51. The number of benzene rings is 8. The van der Waals surface area contributed by atoms with Gasteiger partial charge in [-0.15, -0.1) is 0 Å². The van der Waals surface area contributed by atoms with Crippen LogP contribution in [0.15, 0.2) is 194 Å². The van der Waals surface area contributed by atoms with Crippen molar-refractivity contribution in [2.24, 2.45) is 0 Å². The SMILES string of the molecule is CC(=O)c1ccc(C(=O)c2ccc(Oc3ccc(Oc4ccc(C)cc4)cc3)cc2)cc1.CC(=O)c1ccc(Oc2ccc(C)cc2)cc1.COc1ccc(Oc2ccc(C(C)=O)cc2)cc1. The van der Waals surface area contributed by atoms with Crippen molar-refractivity contribution in [3.05, 3.63) is 233 Å². The summed E-state index contributed by atoms with van der Waals surface area (Å²) >= 11 is 0. The molecule has 0 heterocycles. The van der Waals surface area contributed by atoms with E-state index in [9.17, 15) is 19.2 Å². The van der Waals surface area contributed by atoms with E-state index in [2.05, 4.69) is 0 Å². The van der Waals surface area contributed by atoms with Crippen molar-refractivity contribution in [1.29, 1.82) is 0 Å². The number of carbonyl (C=O) groups excluding carboxylic acids is 4. The first-order valence-electron chi connectivity index (χ1n) is 21.4. The maximum atomic E-state index is 12.7. The third kappa shape index (κ3) is 14.7. The molecule has 0 fully saturated rings. The number of Topliss-reactive ketones (excluding diaryl/α,β-unsaturated/α-hetero) is 3. The molecule has 0 radical (unpaired) electrons. The molecule has 0 aliphatic rings. The normalized spacial score (nSPS) is 10.2. The van der Waals surface area contributed by atoms with Crippen LogP contribution in [0.3, 0.4) is 0 Å². The van der Waals surface area contributed by atoms with E-state index in [-0.39, 0.29) is 23.1 Å². The van der Waals surface area contributed by atoms with Crippen LogP contribution >= 0.6 is 0 Å². The fourth-order valence-electron chi connectivity index (χ4n) is 6.19. The number of ketones is 4. The van der Waals surface area contributed by atoms with E-state index in [1.54, 1.807) is 118 Å². The zero-order valence-corrected chi connectivity index (χ0v) is 38.1. The lowest BCUT2D eigenvalue weighted by molar-refractivity contribution is 0.100. The molecule has 0 aliphatic heterocycles. The van der Waals surface area contributed by atoms with E-state index in [1.807, 2.05) is 111 Å². The van der Waals surface area contributed by atoms with Gasteiger partial charge >= 0.3 is 0 Å². The van der Waals surface area contributed by atoms with Gasteiger partial charge in [-0.3, -0.25) is 19.2 Å². The van der Waals surface area contributed by atoms with Crippen LogP contribution in [0, 0.1) is 13.8 Å². The van der Waals surface area contributed by atoms with Gasteiger partial charge in [-0.25, -0.2) is 0 Å². The molecule has 0 N–H and O–H groups in total. The molecule has 67 heavy (non-hydrogen) atoms. The minimum atomic E-state index is -0.107. The predicted octanol–water partition coefficient (Wildman–Crippen LogP) is 14.7. The second-order valence-electron chi connectivity index (χ2n) is 15.3. The molecule has 0 bridgehead atoms. The zero-order chi connectivity index (χ0) is 47.7. The molecule has 0 saturated carbocycles. The molecule has 8 aromatic carbocycles. The van der Waals surface area contributed by atoms with E-state index in [1.165, 1.54) is 18.1 Å². The molecule has 0 amide bonds. The van der Waals surface area contributed by atoms with Crippen LogP contribution < -0.4 is 23.7 Å². The van der Waals surface area contributed by atoms with Crippen LogP contribution in [0.2, 0.25) is 0 Å². The molecule has 0 saturated heterocycles. The van der Waals surface area contributed by atoms with E-state index in [0.29, 0.717) is 45.1 Å². The Kier molecular flexibility index (Phi) is 16.7. The Balaban J connectivity index is 0.000000180. The summed E-state index contributed by atoms with van der Waals surface area (Å²) in [6.07, 6.45) is 0. The summed E-state index contributed by atoms with van der Waals surface area (Å²) in [4.78, 5) is 46.3. The van der Waals surface area contributed by atoms with Gasteiger partial charge in [-0.1, -0.05) is 59.7 Å². The minimum absolute atomic E-state index is 0.0276. The summed E-state index contributed by atoms with van der Waals surface area (Å²) in [6.45, 7) is 8.66. The Morgan fingerprint density at radius 1 is 0.269 bits per heavy atom. The lowest BCUT2D eigenvalue weighted by atomic mass is 10.0. The largest absolute Gasteiger partial charge is 0.497 e. The van der Waals surface area contributed by atoms with E-state index >= 15 is 0 Å². The standard InChI is InChI=1S/C28H22O4.C15H14O3.C15H14O2/c1-19-3-11-24(12-4-19)31-26-15-17-27(18-16-26)32-25-13-9-23(10-14-25)28(30)22-7-5-21(6-8-22)20(2)29;1-11(16)12-3-5-14(6-4-12)18-15-9-7-13(17-2)8-10-15;1-11-3-7-14(8-4-11)17-15-9-5-13(6-10-15)12(2)16/h3-18H,1-2H3;3-10H,1-2H3;3-10H,1-2H3. The average molecular weight is 891 g/mol. The molecule has 8 rings (SSSR count). The highest BCUT2D eigenvalue weighted by molar-refractivity contribution is 6.09. The van der Waals surface area contributed by atoms with Crippen LogP contribution in [-0.2, 0) is 0 Å². The van der Waals surface area contributed by atoms with Crippen LogP contribution in [0.1, 0.15) is 78.9 Å². The topological polar surface area (TPSA) is 114 Å². The highest BCUT2D eigenvalue weighted by atomic mass is 16.5. The molecule has 0 aromatic heterocycles. The Hall–Kier alpha value is -8.56. The lowest BCUT2D eigenvalue weighted by Crippen LogP contribution is -2.02. The zero-order valence-electron chi connectivity index (χ0n) is 38.1. The highest BCUT2D eigenvalue weighted by Crippen LogP contribution is 2.28. The summed E-state index contributed by atoms with van der Waals surface area (Å²) in [6, 6.07) is 58.2. The molecule has 0 atom stereocenters. The highest BCUT2D eigenvalue weighted by Gasteiger charge is 2.11. The first-order valence-corrected chi connectivity index (χ1v) is 21.4. The van der Waals surface area contributed by atoms with Gasteiger partial charge in [-0.05, 0) is 180 Å². The van der Waals surface area contributed by atoms with E-state index in [4.69, 9.17) is 23.7 Å². The van der Waals surface area contributed by atoms with Gasteiger partial charge in [0.2, 0.25) is 0 Å². The van der Waals surface area contributed by atoms with E-state index < -0.39 is 0 Å². The summed E-state index contributed by atoms with van der Waals surface area (Å²) < 4.78 is 28.1. The monoisotopic (exact) mass is 890 g/mol. The number of carbonyl (C=O) groups is 4. The number of aryl methyl sites for hydroxylation is 2. The van der Waals surface area contributed by atoms with Gasteiger partial charge in [0, 0.05) is 27.8 Å². The average Bonchev–Trinajstić information content (AvgIpc) is 3.34. The van der Waals surface area contributed by atoms with Gasteiger partial charge < -0.3 is 23.7 Å². The molecular weight excluding hydrogens is 841 g/mol. The Bertz CT molecular complexity index is 2870. The van der Waals surface area contributed by atoms with Crippen molar-refractivity contribution >= 4 is 23.1 Å². The molecule has 0 unspecified atom stereocenters. The first kappa shape index (κ1) is 47.9. The Morgan fingerprint density at radius 3 is 0.687 bits per heavy atom. The van der Waals surface area contributed by atoms with Gasteiger partial charge in [0.25, 0.3) is 0 Å². The Morgan fingerprint density at radius 2 is 0.448 bits per heavy atom. The third-order valence-corrected chi connectivity index (χ3v) is 10.1. The first-order chi connectivity index (χ1) is 32.3. The molecule has 0 spiro atoms. The van der Waals surface area contributed by atoms with Gasteiger partial charge in [0.05, 0.1) is 7.11 Å². The number of methoxy groups -OCH3 is 1. The molecule has 9 nitrogen and oxygen atoms in total. The molecular formula is C58H50O9. The summed E-state index contributed by atoms with van der Waals surface area (Å²) in [7, 11) is 1.62. The molecule has 8 aromatic rings. The summed E-state index contributed by atoms with van der Waals surface area (Å²) in [5.41, 5.74) is 5.42. The van der Waals surface area contributed by atoms with Crippen LogP contribution in [-0.4, -0.2) is 30.2 Å². The van der Waals surface area contributed by atoms with Gasteiger partial charge in [0.15, 0.2) is 23.1 Å². The second-order valence-corrected chi connectivity index (χ2v) is 15.3. The smallest absolute Gasteiger partial charge is 0.193 e. The van der Waals surface area contributed by atoms with Gasteiger partial charge in [-0.2, -0.15) is 0 Å². The number of hydrogen-bond donors (Lipinski definition) is 0. The third-order valence-electron chi connectivity index (χ3n) is 10.1. The maximum Gasteiger partial charge on any atom is 0.193 e. The van der Waals surface area contributed by atoms with Crippen LogP contribution in [0.25, 0.3) is 0 Å². The van der Waals surface area contributed by atoms with Crippen molar-refractivity contribution in [3.63, 3.8) is 0 Å². The van der Waals surface area contributed by atoms with Crippen molar-refractivity contribution in [1.82, 2.24) is 0 Å². The lowest BCUT2D eigenvalue weighted by Gasteiger charge is -2.09. The number of ether oxygens (including phenoxy) is 5. The number of rotatable bonds is 14. The summed E-state index contributed by atoms with van der Waals surface area (Å²) in [5, 5.41) is 0. The quantitative estimate of drug-likeness (QED) is 0.0984. The predicted molar refractivity (Wildman–Crippen MR) is 261 cm³/mol. The van der Waals surface area contributed by atoms with Crippen LogP contribution in [0.4, 0.5) is 0 Å². The molecule has 0 aliphatic carbocycles. The Labute approximate surface area is 391 Å². The van der Waals surface area contributed by atoms with Crippen molar-refractivity contribution < 1.29 is 42.9 Å². The maximum absolute atomic E-state index is 12.7. The van der Waals surface area contributed by atoms with Crippen molar-refractivity contribution in [2.75, 3.05) is 7.11 Å². The number of hydrogen-bond acceptors (Lipinski definition) is 9. The fourth-order valence-corrected chi connectivity index (χ4v) is 6.19. The van der Waals surface area contributed by atoms with Crippen molar-refractivity contribution in [3.8, 4) is 51.7 Å². The second kappa shape index (κ2) is 23.4. The minimum Gasteiger partial charge on any atom is -0.497 e. The van der Waals surface area contributed by atoms with Crippen molar-refractivity contribution in [2.45, 2.75) is 34.6 Å². The van der Waals surface area contributed by atoms with E-state index in [0.717, 1.165) is 34.5 Å². The van der Waals surface area contributed by atoms with Crippen LogP contribution in [0.5, 0.6) is 51.7 Å². The van der Waals surface area contributed by atoms with Gasteiger partial charge in [0.1, 0.15) is 51.7 Å². The fraction of sp³-hybridized carbons (Fsp3) is 0.103. The molecule has 9 heteroatoms.